The van der Waals surface area contributed by atoms with Gasteiger partial charge in [0.15, 0.2) is 0 Å². The summed E-state index contributed by atoms with van der Waals surface area (Å²) in [7, 11) is 0. The van der Waals surface area contributed by atoms with Gasteiger partial charge in [0.05, 0.1) is 6.54 Å². The van der Waals surface area contributed by atoms with Crippen molar-refractivity contribution in [1.82, 2.24) is 10.6 Å². The lowest BCUT2D eigenvalue weighted by atomic mass is 10.2. The van der Waals surface area contributed by atoms with Gasteiger partial charge in [-0.2, -0.15) is 0 Å². The van der Waals surface area contributed by atoms with E-state index in [-0.39, 0.29) is 11.8 Å². The smallest absolute Gasteiger partial charge is 0.242 e. The van der Waals surface area contributed by atoms with Crippen molar-refractivity contribution >= 4 is 17.5 Å². The monoisotopic (exact) mass is 263 g/mol. The van der Waals surface area contributed by atoms with Crippen LogP contribution in [0.15, 0.2) is 24.3 Å². The van der Waals surface area contributed by atoms with Gasteiger partial charge >= 0.3 is 0 Å². The highest BCUT2D eigenvalue weighted by atomic mass is 16.5. The predicted octanol–water partition coefficient (Wildman–Crippen LogP) is 0.0424. The highest BCUT2D eigenvalue weighted by Crippen LogP contribution is 2.13. The van der Waals surface area contributed by atoms with E-state index in [1.807, 2.05) is 0 Å². The summed E-state index contributed by atoms with van der Waals surface area (Å²) in [6, 6.07) is 6.70. The molecule has 1 aromatic carbocycles. The van der Waals surface area contributed by atoms with Crippen LogP contribution in [0, 0.1) is 0 Å². The van der Waals surface area contributed by atoms with Gasteiger partial charge in [0, 0.05) is 18.2 Å². The molecule has 0 radical (unpaired) electrons. The third-order valence-corrected chi connectivity index (χ3v) is 2.84. The molecule has 1 saturated heterocycles. The molecule has 0 aliphatic carbocycles. The van der Waals surface area contributed by atoms with Gasteiger partial charge in [-0.25, -0.2) is 0 Å². The number of benzene rings is 1. The minimum Gasteiger partial charge on any atom is -0.492 e. The number of hydrogen-bond acceptors (Lipinski definition) is 4. The van der Waals surface area contributed by atoms with E-state index in [1.165, 1.54) is 0 Å². The van der Waals surface area contributed by atoms with Crippen LogP contribution in [0.1, 0.15) is 12.8 Å². The molecule has 0 unspecified atom stereocenters. The van der Waals surface area contributed by atoms with Crippen LogP contribution >= 0.6 is 0 Å². The molecule has 1 atom stereocenters. The second-order valence-corrected chi connectivity index (χ2v) is 4.37. The van der Waals surface area contributed by atoms with E-state index in [2.05, 4.69) is 10.6 Å². The molecule has 0 saturated carbocycles. The Morgan fingerprint density at radius 3 is 3.05 bits per heavy atom. The summed E-state index contributed by atoms with van der Waals surface area (Å²) in [5.74, 6) is 0.432. The van der Waals surface area contributed by atoms with Crippen molar-refractivity contribution in [3.63, 3.8) is 0 Å². The number of anilines is 1. The second-order valence-electron chi connectivity index (χ2n) is 4.37. The molecule has 2 rings (SSSR count). The highest BCUT2D eigenvalue weighted by molar-refractivity contribution is 5.90. The quantitative estimate of drug-likeness (QED) is 0.516. The van der Waals surface area contributed by atoms with Crippen molar-refractivity contribution in [1.29, 1.82) is 0 Å². The third kappa shape index (κ3) is 3.87. The lowest BCUT2D eigenvalue weighted by molar-refractivity contribution is -0.125. The summed E-state index contributed by atoms with van der Waals surface area (Å²) in [6.07, 6.45) is 0.971. The van der Waals surface area contributed by atoms with Gasteiger partial charge in [-0.3, -0.25) is 9.59 Å². The molecular weight excluding hydrogens is 246 g/mol. The molecule has 102 valence electrons. The molecule has 0 spiro atoms. The number of carbonyl (C=O) groups excluding carboxylic acids is 2. The molecule has 1 aliphatic heterocycles. The minimum absolute atomic E-state index is 0.0730. The molecule has 1 aliphatic rings. The second kappa shape index (κ2) is 6.08. The number of nitrogen functional groups attached to an aromatic ring is 1. The Labute approximate surface area is 111 Å². The Balaban J connectivity index is 1.66. The minimum atomic E-state index is -0.403. The number of nitrogens with two attached hydrogens (primary N) is 1. The molecule has 6 nitrogen and oxygen atoms in total. The van der Waals surface area contributed by atoms with Gasteiger partial charge in [-0.1, -0.05) is 6.07 Å². The molecule has 1 aromatic rings. The first kappa shape index (κ1) is 13.2. The van der Waals surface area contributed by atoms with E-state index in [0.29, 0.717) is 37.4 Å². The lowest BCUT2D eigenvalue weighted by Crippen LogP contribution is -2.42. The standard InChI is InChI=1S/C13H17N3O3/c14-9-2-1-3-10(8-9)19-7-6-15-13(18)11-4-5-12(17)16-11/h1-3,8,11H,4-7,14H2,(H,15,18)(H,16,17)/t11-/m0/s1. The topological polar surface area (TPSA) is 93.4 Å². The van der Waals surface area contributed by atoms with Crippen molar-refractivity contribution in [2.75, 3.05) is 18.9 Å². The molecule has 2 amide bonds. The van der Waals surface area contributed by atoms with Crippen LogP contribution in [-0.4, -0.2) is 31.0 Å². The number of rotatable bonds is 5. The maximum atomic E-state index is 11.7. The fourth-order valence-corrected chi connectivity index (χ4v) is 1.88. The number of hydrogen-bond donors (Lipinski definition) is 3. The van der Waals surface area contributed by atoms with Crippen molar-refractivity contribution in [3.8, 4) is 5.75 Å². The van der Waals surface area contributed by atoms with Crippen LogP contribution in [0.5, 0.6) is 5.75 Å². The maximum absolute atomic E-state index is 11.7. The van der Waals surface area contributed by atoms with Crippen molar-refractivity contribution in [3.05, 3.63) is 24.3 Å². The normalized spacial score (nSPS) is 17.9. The van der Waals surface area contributed by atoms with Crippen molar-refractivity contribution in [2.24, 2.45) is 0 Å². The van der Waals surface area contributed by atoms with E-state index in [0.717, 1.165) is 0 Å². The Kier molecular flexibility index (Phi) is 4.22. The van der Waals surface area contributed by atoms with Gasteiger partial charge in [0.2, 0.25) is 11.8 Å². The molecule has 0 aromatic heterocycles. The van der Waals surface area contributed by atoms with Crippen molar-refractivity contribution < 1.29 is 14.3 Å². The van der Waals surface area contributed by atoms with Gasteiger partial charge in [0.1, 0.15) is 18.4 Å². The van der Waals surface area contributed by atoms with E-state index < -0.39 is 6.04 Å². The Bertz CT molecular complexity index is 476. The number of amides is 2. The van der Waals surface area contributed by atoms with Crippen molar-refractivity contribution in [2.45, 2.75) is 18.9 Å². The molecule has 1 heterocycles. The zero-order valence-corrected chi connectivity index (χ0v) is 10.5. The number of nitrogens with one attached hydrogen (secondary N) is 2. The average molecular weight is 263 g/mol. The molecule has 6 heteroatoms. The Morgan fingerprint density at radius 2 is 2.37 bits per heavy atom. The average Bonchev–Trinajstić information content (AvgIpc) is 2.81. The summed E-state index contributed by atoms with van der Waals surface area (Å²) in [6.45, 7) is 0.746. The first-order chi connectivity index (χ1) is 9.15. The molecule has 1 fully saturated rings. The maximum Gasteiger partial charge on any atom is 0.242 e. The molecule has 0 bridgehead atoms. The third-order valence-electron chi connectivity index (χ3n) is 2.84. The first-order valence-electron chi connectivity index (χ1n) is 6.20. The van der Waals surface area contributed by atoms with E-state index >= 15 is 0 Å². The van der Waals surface area contributed by atoms with E-state index in [1.54, 1.807) is 24.3 Å². The van der Waals surface area contributed by atoms with Crippen LogP contribution in [0.4, 0.5) is 5.69 Å². The Hall–Kier alpha value is -2.24. The molecule has 19 heavy (non-hydrogen) atoms. The summed E-state index contributed by atoms with van der Waals surface area (Å²) in [5, 5.41) is 5.33. The van der Waals surface area contributed by atoms with Crippen LogP contribution < -0.4 is 21.1 Å². The Morgan fingerprint density at radius 1 is 1.53 bits per heavy atom. The van der Waals surface area contributed by atoms with Crippen LogP contribution in [0.2, 0.25) is 0 Å². The number of ether oxygens (including phenoxy) is 1. The first-order valence-corrected chi connectivity index (χ1v) is 6.20. The van der Waals surface area contributed by atoms with E-state index in [4.69, 9.17) is 10.5 Å². The van der Waals surface area contributed by atoms with Crippen LogP contribution in [0.3, 0.4) is 0 Å². The zero-order valence-electron chi connectivity index (χ0n) is 10.5. The largest absolute Gasteiger partial charge is 0.492 e. The SMILES string of the molecule is Nc1cccc(OCCNC(=O)[C@@H]2CCC(=O)N2)c1. The highest BCUT2D eigenvalue weighted by Gasteiger charge is 2.26. The van der Waals surface area contributed by atoms with Gasteiger partial charge in [0.25, 0.3) is 0 Å². The predicted molar refractivity (Wildman–Crippen MR) is 70.5 cm³/mol. The van der Waals surface area contributed by atoms with Crippen LogP contribution in [0.25, 0.3) is 0 Å². The lowest BCUT2D eigenvalue weighted by Gasteiger charge is -2.11. The summed E-state index contributed by atoms with van der Waals surface area (Å²) in [5.41, 5.74) is 6.25. The zero-order chi connectivity index (χ0) is 13.7. The summed E-state index contributed by atoms with van der Waals surface area (Å²) < 4.78 is 5.44. The van der Waals surface area contributed by atoms with Gasteiger partial charge in [-0.05, 0) is 18.6 Å². The number of carbonyl (C=O) groups is 2. The summed E-state index contributed by atoms with van der Waals surface area (Å²) >= 11 is 0. The van der Waals surface area contributed by atoms with Gasteiger partial charge in [-0.15, -0.1) is 0 Å². The van der Waals surface area contributed by atoms with Gasteiger partial charge < -0.3 is 21.1 Å². The summed E-state index contributed by atoms with van der Waals surface area (Å²) in [4.78, 5) is 22.6. The van der Waals surface area contributed by atoms with E-state index in [9.17, 15) is 9.59 Å². The fraction of sp³-hybridized carbons (Fsp3) is 0.385. The molecule has 4 N–H and O–H groups in total. The van der Waals surface area contributed by atoms with Crippen LogP contribution in [-0.2, 0) is 9.59 Å². The molecular formula is C13H17N3O3. The fourth-order valence-electron chi connectivity index (χ4n) is 1.88.